The van der Waals surface area contributed by atoms with Crippen molar-refractivity contribution in [3.8, 4) is 0 Å². The normalized spacial score (nSPS) is 10.6. The minimum absolute atomic E-state index is 0.111. The van der Waals surface area contributed by atoms with Crippen LogP contribution in [0.5, 0.6) is 0 Å². The van der Waals surface area contributed by atoms with Crippen LogP contribution in [0, 0.1) is 19.7 Å². The molecule has 0 atom stereocenters. The van der Waals surface area contributed by atoms with Crippen molar-refractivity contribution in [2.24, 2.45) is 0 Å². The lowest BCUT2D eigenvalue weighted by atomic mass is 10.1. The van der Waals surface area contributed by atoms with Crippen molar-refractivity contribution >= 4 is 11.6 Å². The highest BCUT2D eigenvalue weighted by molar-refractivity contribution is 6.29. The lowest BCUT2D eigenvalue weighted by Crippen LogP contribution is -2.02. The van der Waals surface area contributed by atoms with E-state index in [9.17, 15) is 4.39 Å². The van der Waals surface area contributed by atoms with Gasteiger partial charge in [0.15, 0.2) is 11.0 Å². The van der Waals surface area contributed by atoms with Crippen molar-refractivity contribution in [2.75, 3.05) is 0 Å². The van der Waals surface area contributed by atoms with Gasteiger partial charge in [0.05, 0.1) is 5.69 Å². The summed E-state index contributed by atoms with van der Waals surface area (Å²) >= 11 is 5.69. The fourth-order valence-electron chi connectivity index (χ4n) is 1.66. The van der Waals surface area contributed by atoms with Crippen molar-refractivity contribution in [1.29, 1.82) is 0 Å². The van der Waals surface area contributed by atoms with Gasteiger partial charge in [-0.25, -0.2) is 14.4 Å². The van der Waals surface area contributed by atoms with E-state index >= 15 is 0 Å². The SMILES string of the molecule is Cc1cccc(Cc2nc(C)c(F)c(Cl)n2)c1. The molecule has 0 spiro atoms. The minimum atomic E-state index is -0.542. The third kappa shape index (κ3) is 2.80. The van der Waals surface area contributed by atoms with Crippen molar-refractivity contribution in [3.05, 3.63) is 57.9 Å². The molecular weight excluding hydrogens is 239 g/mol. The molecule has 0 aliphatic rings. The lowest BCUT2D eigenvalue weighted by Gasteiger charge is -2.04. The summed E-state index contributed by atoms with van der Waals surface area (Å²) in [6.07, 6.45) is 0.558. The average molecular weight is 251 g/mol. The van der Waals surface area contributed by atoms with E-state index in [1.54, 1.807) is 6.92 Å². The zero-order chi connectivity index (χ0) is 12.4. The van der Waals surface area contributed by atoms with Crippen molar-refractivity contribution in [2.45, 2.75) is 20.3 Å². The Hall–Kier alpha value is -1.48. The molecule has 1 heterocycles. The van der Waals surface area contributed by atoms with Gasteiger partial charge in [0.25, 0.3) is 0 Å². The highest BCUT2D eigenvalue weighted by Gasteiger charge is 2.09. The van der Waals surface area contributed by atoms with E-state index in [1.165, 1.54) is 5.56 Å². The van der Waals surface area contributed by atoms with E-state index in [0.717, 1.165) is 5.56 Å². The first-order valence-electron chi connectivity index (χ1n) is 5.30. The molecule has 17 heavy (non-hydrogen) atoms. The largest absolute Gasteiger partial charge is 0.235 e. The van der Waals surface area contributed by atoms with Gasteiger partial charge in [0.1, 0.15) is 5.82 Å². The zero-order valence-corrected chi connectivity index (χ0v) is 10.4. The Balaban J connectivity index is 2.31. The molecule has 1 aromatic heterocycles. The summed E-state index contributed by atoms with van der Waals surface area (Å²) in [7, 11) is 0. The van der Waals surface area contributed by atoms with Gasteiger partial charge in [-0.05, 0) is 19.4 Å². The molecule has 2 rings (SSSR count). The van der Waals surface area contributed by atoms with Gasteiger partial charge >= 0.3 is 0 Å². The van der Waals surface area contributed by atoms with Gasteiger partial charge in [0.2, 0.25) is 0 Å². The first-order valence-corrected chi connectivity index (χ1v) is 5.68. The fraction of sp³-hybridized carbons (Fsp3) is 0.231. The van der Waals surface area contributed by atoms with Gasteiger partial charge in [-0.1, -0.05) is 41.4 Å². The second kappa shape index (κ2) is 4.80. The van der Waals surface area contributed by atoms with Gasteiger partial charge < -0.3 is 0 Å². The molecular formula is C13H12ClFN2. The number of aryl methyl sites for hydroxylation is 2. The Labute approximate surface area is 104 Å². The molecule has 0 saturated carbocycles. The second-order valence-corrected chi connectivity index (χ2v) is 4.35. The molecule has 0 N–H and O–H groups in total. The molecule has 0 saturated heterocycles. The van der Waals surface area contributed by atoms with E-state index in [1.807, 2.05) is 25.1 Å². The van der Waals surface area contributed by atoms with E-state index in [2.05, 4.69) is 16.0 Å². The quantitative estimate of drug-likeness (QED) is 0.763. The van der Waals surface area contributed by atoms with E-state index in [4.69, 9.17) is 11.6 Å². The maximum absolute atomic E-state index is 13.3. The molecule has 0 radical (unpaired) electrons. The third-order valence-electron chi connectivity index (χ3n) is 2.47. The Morgan fingerprint density at radius 3 is 2.65 bits per heavy atom. The molecule has 0 bridgehead atoms. The van der Waals surface area contributed by atoms with Crippen molar-refractivity contribution in [1.82, 2.24) is 9.97 Å². The summed E-state index contributed by atoms with van der Waals surface area (Å²) in [5.74, 6) is -0.000779. The van der Waals surface area contributed by atoms with E-state index in [0.29, 0.717) is 12.2 Å². The summed E-state index contributed by atoms with van der Waals surface area (Å²) < 4.78 is 13.3. The Kier molecular flexibility index (Phi) is 3.38. The summed E-state index contributed by atoms with van der Waals surface area (Å²) in [4.78, 5) is 8.03. The van der Waals surface area contributed by atoms with E-state index in [-0.39, 0.29) is 10.8 Å². The van der Waals surface area contributed by atoms with Crippen LogP contribution >= 0.6 is 11.6 Å². The van der Waals surface area contributed by atoms with Gasteiger partial charge in [-0.3, -0.25) is 0 Å². The second-order valence-electron chi connectivity index (χ2n) is 4.00. The molecule has 0 fully saturated rings. The topological polar surface area (TPSA) is 25.8 Å². The first kappa shape index (κ1) is 12.0. The standard InChI is InChI=1S/C13H12ClFN2/c1-8-4-3-5-10(6-8)7-11-16-9(2)12(15)13(14)17-11/h3-6H,7H2,1-2H3. The predicted molar refractivity (Wildman–Crippen MR) is 65.7 cm³/mol. The lowest BCUT2D eigenvalue weighted by molar-refractivity contribution is 0.597. The maximum Gasteiger partial charge on any atom is 0.181 e. The first-order chi connectivity index (χ1) is 8.06. The smallest absolute Gasteiger partial charge is 0.181 e. The summed E-state index contributed by atoms with van der Waals surface area (Å²) in [5, 5.41) is -0.111. The molecule has 88 valence electrons. The van der Waals surface area contributed by atoms with Crippen LogP contribution in [0.3, 0.4) is 0 Å². The molecule has 0 aliphatic carbocycles. The molecule has 0 unspecified atom stereocenters. The summed E-state index contributed by atoms with van der Waals surface area (Å²) in [5.41, 5.74) is 2.55. The maximum atomic E-state index is 13.3. The Bertz CT molecular complexity index is 532. The van der Waals surface area contributed by atoms with Gasteiger partial charge in [-0.2, -0.15) is 0 Å². The van der Waals surface area contributed by atoms with Crippen LogP contribution in [-0.2, 0) is 6.42 Å². The van der Waals surface area contributed by atoms with Crippen LogP contribution < -0.4 is 0 Å². The van der Waals surface area contributed by atoms with E-state index < -0.39 is 5.82 Å². The molecule has 0 aliphatic heterocycles. The molecule has 2 aromatic rings. The van der Waals surface area contributed by atoms with Crippen molar-refractivity contribution in [3.63, 3.8) is 0 Å². The monoisotopic (exact) mass is 250 g/mol. The predicted octanol–water partition coefficient (Wildman–Crippen LogP) is 3.48. The minimum Gasteiger partial charge on any atom is -0.235 e. The number of nitrogens with zero attached hydrogens (tertiary/aromatic N) is 2. The summed E-state index contributed by atoms with van der Waals surface area (Å²) in [6, 6.07) is 8.04. The molecule has 0 amide bonds. The van der Waals surface area contributed by atoms with Crippen LogP contribution in [-0.4, -0.2) is 9.97 Å². The van der Waals surface area contributed by atoms with Gasteiger partial charge in [0, 0.05) is 6.42 Å². The van der Waals surface area contributed by atoms with Crippen LogP contribution in [0.15, 0.2) is 24.3 Å². The average Bonchev–Trinajstić information content (AvgIpc) is 2.26. The number of benzene rings is 1. The molecule has 4 heteroatoms. The van der Waals surface area contributed by atoms with Crippen LogP contribution in [0.2, 0.25) is 5.15 Å². The van der Waals surface area contributed by atoms with Crippen LogP contribution in [0.25, 0.3) is 0 Å². The number of hydrogen-bond donors (Lipinski definition) is 0. The van der Waals surface area contributed by atoms with Gasteiger partial charge in [-0.15, -0.1) is 0 Å². The van der Waals surface area contributed by atoms with Crippen LogP contribution in [0.1, 0.15) is 22.6 Å². The molecule has 1 aromatic carbocycles. The fourth-order valence-corrected chi connectivity index (χ4v) is 1.90. The van der Waals surface area contributed by atoms with Crippen LogP contribution in [0.4, 0.5) is 4.39 Å². The number of aromatic nitrogens is 2. The highest BCUT2D eigenvalue weighted by Crippen LogP contribution is 2.16. The molecule has 2 nitrogen and oxygen atoms in total. The summed E-state index contributed by atoms with van der Waals surface area (Å²) in [6.45, 7) is 3.61. The highest BCUT2D eigenvalue weighted by atomic mass is 35.5. The number of halogens is 2. The van der Waals surface area contributed by atoms with Crippen molar-refractivity contribution < 1.29 is 4.39 Å². The Morgan fingerprint density at radius 1 is 1.24 bits per heavy atom. The number of hydrogen-bond acceptors (Lipinski definition) is 2. The number of rotatable bonds is 2. The Morgan fingerprint density at radius 2 is 2.00 bits per heavy atom. The third-order valence-corrected chi connectivity index (χ3v) is 2.72. The zero-order valence-electron chi connectivity index (χ0n) is 9.67.